The van der Waals surface area contributed by atoms with E-state index in [0.29, 0.717) is 5.92 Å². The first-order chi connectivity index (χ1) is 13.7. The Bertz CT molecular complexity index is 961. The number of unbranched alkanes of at least 4 members (excludes halogenated alkanes) is 2. The number of halogens is 1. The minimum atomic E-state index is 0.238. The van der Waals surface area contributed by atoms with Gasteiger partial charge in [-0.25, -0.2) is 4.98 Å². The number of carbonyl (C=O) groups is 1. The largest absolute Gasteiger partial charge is 0.356 e. The molecule has 1 heterocycles. The molecule has 0 spiro atoms. The fraction of sp³-hybridized carbons (Fsp3) is 0.391. The quantitative estimate of drug-likeness (QED) is 0.519. The lowest BCUT2D eigenvalue weighted by molar-refractivity contribution is -0.122. The smallest absolute Gasteiger partial charge is 0.223 e. The first-order valence-corrected chi connectivity index (χ1v) is 10.6. The Morgan fingerprint density at radius 2 is 1.86 bits per heavy atom. The number of aromatic nitrogens is 2. The summed E-state index contributed by atoms with van der Waals surface area (Å²) in [5.41, 5.74) is 3.28. The number of amides is 1. The third-order valence-corrected chi connectivity index (χ3v) is 5.71. The zero-order valence-corrected chi connectivity index (χ0v) is 16.8. The van der Waals surface area contributed by atoms with Gasteiger partial charge in [-0.3, -0.25) is 4.79 Å². The van der Waals surface area contributed by atoms with Crippen molar-refractivity contribution in [3.63, 3.8) is 0 Å². The number of nitrogens with one attached hydrogen (secondary N) is 1. The Kier molecular flexibility index (Phi) is 5.96. The van der Waals surface area contributed by atoms with Crippen molar-refractivity contribution in [3.8, 4) is 0 Å². The van der Waals surface area contributed by atoms with Gasteiger partial charge in [-0.2, -0.15) is 0 Å². The van der Waals surface area contributed by atoms with E-state index < -0.39 is 0 Å². The molecule has 0 radical (unpaired) electrons. The summed E-state index contributed by atoms with van der Waals surface area (Å²) in [6, 6.07) is 16.3. The summed E-state index contributed by atoms with van der Waals surface area (Å²) in [7, 11) is 0. The highest BCUT2D eigenvalue weighted by atomic mass is 35.5. The van der Waals surface area contributed by atoms with E-state index in [1.165, 1.54) is 0 Å². The number of benzene rings is 2. The number of rotatable bonds is 9. The first kappa shape index (κ1) is 19.0. The molecule has 1 fully saturated rings. The van der Waals surface area contributed by atoms with Crippen molar-refractivity contribution in [1.82, 2.24) is 14.9 Å². The van der Waals surface area contributed by atoms with Crippen LogP contribution in [0.2, 0.25) is 5.02 Å². The van der Waals surface area contributed by atoms with E-state index in [4.69, 9.17) is 16.6 Å². The zero-order chi connectivity index (χ0) is 19.3. The number of hydrogen-bond donors (Lipinski definition) is 1. The normalized spacial score (nSPS) is 13.8. The molecule has 0 aliphatic heterocycles. The van der Waals surface area contributed by atoms with Gasteiger partial charge in [-0.1, -0.05) is 48.4 Å². The summed E-state index contributed by atoms with van der Waals surface area (Å²) in [5, 5.41) is 3.83. The van der Waals surface area contributed by atoms with Crippen LogP contribution < -0.4 is 5.32 Å². The Balaban J connectivity index is 1.38. The highest BCUT2D eigenvalue weighted by Crippen LogP contribution is 2.28. The van der Waals surface area contributed by atoms with Gasteiger partial charge in [0.05, 0.1) is 17.6 Å². The van der Waals surface area contributed by atoms with Gasteiger partial charge in [0.25, 0.3) is 0 Å². The van der Waals surface area contributed by atoms with Crippen molar-refractivity contribution in [2.45, 2.75) is 45.1 Å². The van der Waals surface area contributed by atoms with Crippen LogP contribution in [0.3, 0.4) is 0 Å². The van der Waals surface area contributed by atoms with Crippen LogP contribution in [0.25, 0.3) is 11.0 Å². The van der Waals surface area contributed by atoms with Gasteiger partial charge < -0.3 is 9.88 Å². The van der Waals surface area contributed by atoms with E-state index in [1.807, 2.05) is 24.3 Å². The lowest BCUT2D eigenvalue weighted by Crippen LogP contribution is -2.25. The second kappa shape index (κ2) is 8.78. The SMILES string of the molecule is O=C(NCCCCCc1nc2ccccc2n1Cc1ccccc1Cl)C1CC1. The molecule has 0 saturated heterocycles. The van der Waals surface area contributed by atoms with Gasteiger partial charge in [0.15, 0.2) is 0 Å². The molecule has 146 valence electrons. The van der Waals surface area contributed by atoms with Crippen molar-refractivity contribution in [1.29, 1.82) is 0 Å². The number of aryl methyl sites for hydroxylation is 1. The Labute approximate surface area is 170 Å². The molecule has 1 aromatic heterocycles. The number of hydrogen-bond acceptors (Lipinski definition) is 2. The lowest BCUT2D eigenvalue weighted by Gasteiger charge is -2.11. The number of nitrogens with zero attached hydrogens (tertiary/aromatic N) is 2. The fourth-order valence-corrected chi connectivity index (χ4v) is 3.77. The number of carbonyl (C=O) groups excluding carboxylic acids is 1. The molecule has 4 rings (SSSR count). The Morgan fingerprint density at radius 3 is 2.68 bits per heavy atom. The van der Waals surface area contributed by atoms with Crippen LogP contribution in [-0.4, -0.2) is 22.0 Å². The van der Waals surface area contributed by atoms with Crippen molar-refractivity contribution >= 4 is 28.5 Å². The molecule has 0 bridgehead atoms. The minimum absolute atomic E-state index is 0.238. The average Bonchev–Trinajstić information content (AvgIpc) is 3.50. The molecule has 1 N–H and O–H groups in total. The topological polar surface area (TPSA) is 46.9 Å². The number of imidazole rings is 1. The number of fused-ring (bicyclic) bond motifs is 1. The molecular formula is C23H26ClN3O. The standard InChI is InChI=1S/C23H26ClN3O/c24-19-9-4-3-8-18(19)16-27-21-11-6-5-10-20(21)26-22(27)12-2-1-7-15-25-23(28)17-13-14-17/h3-6,8-11,17H,1-2,7,12-16H2,(H,25,28). The summed E-state index contributed by atoms with van der Waals surface area (Å²) < 4.78 is 2.28. The molecule has 28 heavy (non-hydrogen) atoms. The summed E-state index contributed by atoms with van der Waals surface area (Å²) in [4.78, 5) is 16.5. The van der Waals surface area contributed by atoms with Crippen LogP contribution in [0.1, 0.15) is 43.5 Å². The van der Waals surface area contributed by atoms with Gasteiger partial charge in [0.2, 0.25) is 5.91 Å². The Hall–Kier alpha value is -2.33. The maximum atomic E-state index is 11.7. The predicted molar refractivity (Wildman–Crippen MR) is 114 cm³/mol. The molecule has 0 atom stereocenters. The summed E-state index contributed by atoms with van der Waals surface area (Å²) in [5.74, 6) is 1.63. The molecule has 1 aliphatic carbocycles. The maximum absolute atomic E-state index is 11.7. The fourth-order valence-electron chi connectivity index (χ4n) is 3.58. The minimum Gasteiger partial charge on any atom is -0.356 e. The molecule has 1 saturated carbocycles. The molecular weight excluding hydrogens is 370 g/mol. The van der Waals surface area contributed by atoms with E-state index in [9.17, 15) is 4.79 Å². The van der Waals surface area contributed by atoms with Crippen LogP contribution in [0.4, 0.5) is 0 Å². The van der Waals surface area contributed by atoms with Crippen molar-refractivity contribution in [2.75, 3.05) is 6.54 Å². The van der Waals surface area contributed by atoms with Crippen LogP contribution >= 0.6 is 11.6 Å². The summed E-state index contributed by atoms with van der Waals surface area (Å²) >= 11 is 6.39. The van der Waals surface area contributed by atoms with Crippen LogP contribution in [0.5, 0.6) is 0 Å². The number of para-hydroxylation sites is 2. The monoisotopic (exact) mass is 395 g/mol. The highest BCUT2D eigenvalue weighted by Gasteiger charge is 2.28. The van der Waals surface area contributed by atoms with Crippen molar-refractivity contribution in [2.24, 2.45) is 5.92 Å². The highest BCUT2D eigenvalue weighted by molar-refractivity contribution is 6.31. The van der Waals surface area contributed by atoms with Gasteiger partial charge in [0.1, 0.15) is 5.82 Å². The molecule has 5 heteroatoms. The van der Waals surface area contributed by atoms with Gasteiger partial charge >= 0.3 is 0 Å². The molecule has 1 amide bonds. The van der Waals surface area contributed by atoms with E-state index in [2.05, 4.69) is 34.1 Å². The van der Waals surface area contributed by atoms with E-state index in [-0.39, 0.29) is 5.91 Å². The van der Waals surface area contributed by atoms with Gasteiger partial charge in [0, 0.05) is 23.9 Å². The van der Waals surface area contributed by atoms with E-state index >= 15 is 0 Å². The molecule has 2 aromatic carbocycles. The van der Waals surface area contributed by atoms with Crippen LogP contribution in [-0.2, 0) is 17.8 Å². The predicted octanol–water partition coefficient (Wildman–Crippen LogP) is 4.98. The third-order valence-electron chi connectivity index (χ3n) is 5.34. The molecule has 0 unspecified atom stereocenters. The third kappa shape index (κ3) is 4.56. The van der Waals surface area contributed by atoms with Gasteiger partial charge in [-0.05, 0) is 49.4 Å². The summed E-state index contributed by atoms with van der Waals surface area (Å²) in [6.45, 7) is 1.51. The van der Waals surface area contributed by atoms with Crippen LogP contribution in [0, 0.1) is 5.92 Å². The molecule has 3 aromatic rings. The molecule has 4 nitrogen and oxygen atoms in total. The average molecular weight is 396 g/mol. The van der Waals surface area contributed by atoms with Crippen molar-refractivity contribution < 1.29 is 4.79 Å². The lowest BCUT2D eigenvalue weighted by atomic mass is 10.1. The zero-order valence-electron chi connectivity index (χ0n) is 16.0. The Morgan fingerprint density at radius 1 is 1.07 bits per heavy atom. The molecule has 1 aliphatic rings. The van der Waals surface area contributed by atoms with Crippen molar-refractivity contribution in [3.05, 3.63) is 64.9 Å². The van der Waals surface area contributed by atoms with Gasteiger partial charge in [-0.15, -0.1) is 0 Å². The second-order valence-corrected chi connectivity index (χ2v) is 7.98. The van der Waals surface area contributed by atoms with Crippen LogP contribution in [0.15, 0.2) is 48.5 Å². The maximum Gasteiger partial charge on any atom is 0.223 e. The summed E-state index contributed by atoms with van der Waals surface area (Å²) in [6.07, 6.45) is 6.21. The second-order valence-electron chi connectivity index (χ2n) is 7.57. The van der Waals surface area contributed by atoms with E-state index in [0.717, 1.165) is 79.1 Å². The first-order valence-electron chi connectivity index (χ1n) is 10.2. The van der Waals surface area contributed by atoms with E-state index in [1.54, 1.807) is 0 Å².